The number of anilines is 1. The lowest BCUT2D eigenvalue weighted by Crippen LogP contribution is -2.32. The van der Waals surface area contributed by atoms with Crippen LogP contribution in [-0.2, 0) is 10.0 Å². The van der Waals surface area contributed by atoms with E-state index in [1.54, 1.807) is 24.3 Å². The lowest BCUT2D eigenvalue weighted by molar-refractivity contribution is -0.385. The average Bonchev–Trinajstić information content (AvgIpc) is 2.55. The standard InChI is InChI=1S/C17H20N2O4S/c1-3-4-13-18(15-9-6-5-7-10-15)24(22,23)17-12-8-11-16(14(17)2)19(20)21/h5-12H,3-4,13H2,1-2H3. The molecule has 0 saturated carbocycles. The summed E-state index contributed by atoms with van der Waals surface area (Å²) in [5.74, 6) is 0. The fraction of sp³-hybridized carbons (Fsp3) is 0.294. The zero-order valence-electron chi connectivity index (χ0n) is 13.7. The van der Waals surface area contributed by atoms with Gasteiger partial charge in [-0.3, -0.25) is 14.4 Å². The van der Waals surface area contributed by atoms with Crippen LogP contribution < -0.4 is 4.31 Å². The van der Waals surface area contributed by atoms with Crippen molar-refractivity contribution in [1.29, 1.82) is 0 Å². The summed E-state index contributed by atoms with van der Waals surface area (Å²) in [4.78, 5) is 10.5. The number of nitrogens with zero attached hydrogens (tertiary/aromatic N) is 2. The molecule has 7 heteroatoms. The van der Waals surface area contributed by atoms with Crippen molar-refractivity contribution < 1.29 is 13.3 Å². The Morgan fingerprint density at radius 3 is 2.33 bits per heavy atom. The predicted molar refractivity (Wildman–Crippen MR) is 93.7 cm³/mol. The molecule has 6 nitrogen and oxygen atoms in total. The van der Waals surface area contributed by atoms with Gasteiger partial charge in [0.15, 0.2) is 0 Å². The second kappa shape index (κ2) is 7.44. The Bertz CT molecular complexity index is 820. The van der Waals surface area contributed by atoms with E-state index in [4.69, 9.17) is 0 Å². The molecule has 2 aromatic carbocycles. The molecule has 0 aliphatic carbocycles. The second-order valence-electron chi connectivity index (χ2n) is 5.42. The summed E-state index contributed by atoms with van der Waals surface area (Å²) >= 11 is 0. The Labute approximate surface area is 141 Å². The third-order valence-electron chi connectivity index (χ3n) is 3.78. The minimum absolute atomic E-state index is 0.0309. The zero-order chi connectivity index (χ0) is 17.7. The molecule has 2 rings (SSSR count). The van der Waals surface area contributed by atoms with Crippen molar-refractivity contribution in [1.82, 2.24) is 0 Å². The van der Waals surface area contributed by atoms with Crippen LogP contribution in [0.1, 0.15) is 25.3 Å². The first kappa shape index (κ1) is 17.9. The van der Waals surface area contributed by atoms with Crippen LogP contribution in [0.5, 0.6) is 0 Å². The Hall–Kier alpha value is -2.41. The van der Waals surface area contributed by atoms with Gasteiger partial charge >= 0.3 is 0 Å². The number of sulfonamides is 1. The van der Waals surface area contributed by atoms with E-state index >= 15 is 0 Å². The zero-order valence-corrected chi connectivity index (χ0v) is 14.5. The van der Waals surface area contributed by atoms with Crippen LogP contribution in [0.25, 0.3) is 0 Å². The number of hydrogen-bond acceptors (Lipinski definition) is 4. The third kappa shape index (κ3) is 3.56. The van der Waals surface area contributed by atoms with Crippen molar-refractivity contribution >= 4 is 21.4 Å². The number of nitro benzene ring substituents is 1. The summed E-state index contributed by atoms with van der Waals surface area (Å²) < 4.78 is 27.6. The summed E-state index contributed by atoms with van der Waals surface area (Å²) in [5.41, 5.74) is 0.511. The Morgan fingerprint density at radius 1 is 1.08 bits per heavy atom. The van der Waals surface area contributed by atoms with Crippen LogP contribution in [-0.4, -0.2) is 19.9 Å². The Kier molecular flexibility index (Phi) is 5.56. The van der Waals surface area contributed by atoms with Gasteiger partial charge in [0.2, 0.25) is 0 Å². The molecular weight excluding hydrogens is 328 g/mol. The van der Waals surface area contributed by atoms with Crippen LogP contribution in [0, 0.1) is 17.0 Å². The molecule has 2 aromatic rings. The molecule has 0 amide bonds. The molecule has 0 N–H and O–H groups in total. The smallest absolute Gasteiger partial charge is 0.266 e. The fourth-order valence-corrected chi connectivity index (χ4v) is 4.23. The summed E-state index contributed by atoms with van der Waals surface area (Å²) in [6.45, 7) is 3.77. The first-order valence-electron chi connectivity index (χ1n) is 7.71. The molecule has 0 heterocycles. The van der Waals surface area contributed by atoms with E-state index in [-0.39, 0.29) is 16.1 Å². The van der Waals surface area contributed by atoms with E-state index in [0.717, 1.165) is 6.42 Å². The third-order valence-corrected chi connectivity index (χ3v) is 5.75. The topological polar surface area (TPSA) is 80.5 Å². The van der Waals surface area contributed by atoms with E-state index in [1.165, 1.54) is 29.4 Å². The second-order valence-corrected chi connectivity index (χ2v) is 7.25. The highest BCUT2D eigenvalue weighted by atomic mass is 32.2. The fourth-order valence-electron chi connectivity index (χ4n) is 2.48. The average molecular weight is 348 g/mol. The molecule has 24 heavy (non-hydrogen) atoms. The summed E-state index contributed by atoms with van der Waals surface area (Å²) in [5, 5.41) is 11.1. The van der Waals surface area contributed by atoms with Crippen molar-refractivity contribution in [3.05, 3.63) is 64.2 Å². The SMILES string of the molecule is CCCCN(c1ccccc1)S(=O)(=O)c1cccc([N+](=O)[O-])c1C. The molecule has 0 atom stereocenters. The monoisotopic (exact) mass is 348 g/mol. The summed E-state index contributed by atoms with van der Waals surface area (Å²) in [6.07, 6.45) is 1.54. The van der Waals surface area contributed by atoms with Crippen LogP contribution in [0.4, 0.5) is 11.4 Å². The van der Waals surface area contributed by atoms with Crippen molar-refractivity contribution in [2.24, 2.45) is 0 Å². The van der Waals surface area contributed by atoms with Gasteiger partial charge in [-0.25, -0.2) is 8.42 Å². The Morgan fingerprint density at radius 2 is 1.75 bits per heavy atom. The van der Waals surface area contributed by atoms with Crippen molar-refractivity contribution in [3.63, 3.8) is 0 Å². The number of unbranched alkanes of at least 4 members (excludes halogenated alkanes) is 1. The largest absolute Gasteiger partial charge is 0.273 e. The van der Waals surface area contributed by atoms with Crippen molar-refractivity contribution in [2.75, 3.05) is 10.8 Å². The van der Waals surface area contributed by atoms with Crippen LogP contribution in [0.15, 0.2) is 53.4 Å². The van der Waals surface area contributed by atoms with Gasteiger partial charge in [0.1, 0.15) is 0 Å². The molecule has 0 saturated heterocycles. The van der Waals surface area contributed by atoms with Gasteiger partial charge in [0, 0.05) is 18.2 Å². The lowest BCUT2D eigenvalue weighted by atomic mass is 10.2. The van der Waals surface area contributed by atoms with Gasteiger partial charge in [-0.15, -0.1) is 0 Å². The highest BCUT2D eigenvalue weighted by Gasteiger charge is 2.29. The molecule has 0 fully saturated rings. The van der Waals surface area contributed by atoms with E-state index in [1.807, 2.05) is 13.0 Å². The van der Waals surface area contributed by atoms with E-state index < -0.39 is 14.9 Å². The van der Waals surface area contributed by atoms with Gasteiger partial charge in [-0.05, 0) is 31.5 Å². The molecular formula is C17H20N2O4S. The number of rotatable bonds is 7. The quantitative estimate of drug-likeness (QED) is 0.561. The first-order chi connectivity index (χ1) is 11.4. The molecule has 0 aliphatic heterocycles. The summed E-state index contributed by atoms with van der Waals surface area (Å²) in [6, 6.07) is 12.9. The van der Waals surface area contributed by atoms with Crippen LogP contribution in [0.2, 0.25) is 0 Å². The summed E-state index contributed by atoms with van der Waals surface area (Å²) in [7, 11) is -3.88. The molecule has 0 aliphatic rings. The maximum Gasteiger partial charge on any atom is 0.273 e. The highest BCUT2D eigenvalue weighted by molar-refractivity contribution is 7.92. The molecule has 0 radical (unpaired) electrons. The molecule has 0 aromatic heterocycles. The predicted octanol–water partition coefficient (Wildman–Crippen LogP) is 3.90. The number of benzene rings is 2. The molecule has 0 unspecified atom stereocenters. The number of para-hydroxylation sites is 1. The Balaban J connectivity index is 2.57. The number of hydrogen-bond donors (Lipinski definition) is 0. The van der Waals surface area contributed by atoms with Gasteiger partial charge in [0.05, 0.1) is 15.5 Å². The first-order valence-corrected chi connectivity index (χ1v) is 9.15. The number of nitro groups is 1. The van der Waals surface area contributed by atoms with Crippen molar-refractivity contribution in [3.8, 4) is 0 Å². The van der Waals surface area contributed by atoms with E-state index in [2.05, 4.69) is 0 Å². The maximum atomic E-state index is 13.1. The van der Waals surface area contributed by atoms with Gasteiger partial charge < -0.3 is 0 Å². The molecule has 128 valence electrons. The minimum atomic E-state index is -3.88. The molecule has 0 bridgehead atoms. The molecule has 0 spiro atoms. The highest BCUT2D eigenvalue weighted by Crippen LogP contribution is 2.30. The minimum Gasteiger partial charge on any atom is -0.266 e. The van der Waals surface area contributed by atoms with Gasteiger partial charge in [-0.2, -0.15) is 0 Å². The van der Waals surface area contributed by atoms with Crippen LogP contribution >= 0.6 is 0 Å². The normalized spacial score (nSPS) is 11.2. The van der Waals surface area contributed by atoms with Crippen LogP contribution in [0.3, 0.4) is 0 Å². The van der Waals surface area contributed by atoms with Gasteiger partial charge in [-0.1, -0.05) is 37.6 Å². The van der Waals surface area contributed by atoms with Gasteiger partial charge in [0.25, 0.3) is 15.7 Å². The lowest BCUT2D eigenvalue weighted by Gasteiger charge is -2.25. The van der Waals surface area contributed by atoms with Crippen molar-refractivity contribution in [2.45, 2.75) is 31.6 Å². The maximum absolute atomic E-state index is 13.1. The van der Waals surface area contributed by atoms with E-state index in [9.17, 15) is 18.5 Å². The van der Waals surface area contributed by atoms with E-state index in [0.29, 0.717) is 18.7 Å².